The number of carbonyl (C=O) groups is 1. The van der Waals surface area contributed by atoms with E-state index in [-0.39, 0.29) is 5.91 Å². The Hall–Kier alpha value is -3.44. The molecule has 0 unspecified atom stereocenters. The SMILES string of the molecule is O=C(Nc1ccc(Cn2cc(Br)cn2)cc1)C(=Cc1ccccc1)c1ccccc1. The number of nitrogens with zero attached hydrogens (tertiary/aromatic N) is 2. The molecule has 5 heteroatoms. The largest absolute Gasteiger partial charge is 0.322 e. The van der Waals surface area contributed by atoms with Crippen molar-refractivity contribution in [1.82, 2.24) is 9.78 Å². The Morgan fingerprint density at radius 1 is 0.933 bits per heavy atom. The van der Waals surface area contributed by atoms with E-state index in [0.29, 0.717) is 12.1 Å². The fourth-order valence-electron chi connectivity index (χ4n) is 3.12. The molecule has 0 bridgehead atoms. The molecule has 0 atom stereocenters. The smallest absolute Gasteiger partial charge is 0.256 e. The van der Waals surface area contributed by atoms with Gasteiger partial charge in [0.15, 0.2) is 0 Å². The van der Waals surface area contributed by atoms with Gasteiger partial charge in [-0.3, -0.25) is 9.48 Å². The number of hydrogen-bond donors (Lipinski definition) is 1. The minimum Gasteiger partial charge on any atom is -0.322 e. The van der Waals surface area contributed by atoms with E-state index >= 15 is 0 Å². The molecule has 3 aromatic carbocycles. The first-order valence-electron chi connectivity index (χ1n) is 9.58. The Morgan fingerprint density at radius 2 is 1.60 bits per heavy atom. The van der Waals surface area contributed by atoms with Crippen LogP contribution in [0, 0.1) is 0 Å². The lowest BCUT2D eigenvalue weighted by Crippen LogP contribution is -2.13. The Bertz CT molecular complexity index is 1150. The Kier molecular flexibility index (Phi) is 6.20. The van der Waals surface area contributed by atoms with Gasteiger partial charge in [0.1, 0.15) is 0 Å². The molecule has 0 spiro atoms. The number of aromatic nitrogens is 2. The van der Waals surface area contributed by atoms with E-state index in [0.717, 1.165) is 26.9 Å². The third kappa shape index (κ3) is 5.13. The van der Waals surface area contributed by atoms with Crippen molar-refractivity contribution < 1.29 is 4.79 Å². The summed E-state index contributed by atoms with van der Waals surface area (Å²) < 4.78 is 2.80. The highest BCUT2D eigenvalue weighted by molar-refractivity contribution is 9.10. The number of halogens is 1. The topological polar surface area (TPSA) is 46.9 Å². The van der Waals surface area contributed by atoms with Gasteiger partial charge in [-0.1, -0.05) is 72.8 Å². The fourth-order valence-corrected chi connectivity index (χ4v) is 3.45. The van der Waals surface area contributed by atoms with Gasteiger partial charge in [0.05, 0.1) is 17.2 Å². The van der Waals surface area contributed by atoms with Crippen LogP contribution in [0.5, 0.6) is 0 Å². The van der Waals surface area contributed by atoms with Crippen molar-refractivity contribution in [2.45, 2.75) is 6.54 Å². The lowest BCUT2D eigenvalue weighted by atomic mass is 10.0. The van der Waals surface area contributed by atoms with Crippen LogP contribution < -0.4 is 5.32 Å². The van der Waals surface area contributed by atoms with E-state index in [1.54, 1.807) is 6.20 Å². The summed E-state index contributed by atoms with van der Waals surface area (Å²) in [6, 6.07) is 27.4. The molecular weight excluding hydrogens is 438 g/mol. The van der Waals surface area contributed by atoms with Crippen molar-refractivity contribution in [3.8, 4) is 0 Å². The highest BCUT2D eigenvalue weighted by atomic mass is 79.9. The summed E-state index contributed by atoms with van der Waals surface area (Å²) in [5, 5.41) is 7.29. The standard InChI is InChI=1S/C25H20BrN3O/c26-22-16-27-29(18-22)17-20-11-13-23(14-12-20)28-25(30)24(21-9-5-2-6-10-21)15-19-7-3-1-4-8-19/h1-16,18H,17H2,(H,28,30). The summed E-state index contributed by atoms with van der Waals surface area (Å²) in [5.74, 6) is -0.145. The molecule has 4 aromatic rings. The summed E-state index contributed by atoms with van der Waals surface area (Å²) in [6.07, 6.45) is 5.60. The zero-order valence-corrected chi connectivity index (χ0v) is 17.8. The molecule has 30 heavy (non-hydrogen) atoms. The second-order valence-corrected chi connectivity index (χ2v) is 7.76. The number of carbonyl (C=O) groups excluding carboxylic acids is 1. The number of rotatable bonds is 6. The van der Waals surface area contributed by atoms with Crippen molar-refractivity contribution in [1.29, 1.82) is 0 Å². The van der Waals surface area contributed by atoms with Crippen LogP contribution in [-0.2, 0) is 11.3 Å². The van der Waals surface area contributed by atoms with Gasteiger partial charge in [0.2, 0.25) is 0 Å². The van der Waals surface area contributed by atoms with Gasteiger partial charge in [0, 0.05) is 17.5 Å². The van der Waals surface area contributed by atoms with Crippen molar-refractivity contribution in [3.63, 3.8) is 0 Å². The average Bonchev–Trinajstić information content (AvgIpc) is 3.19. The third-order valence-electron chi connectivity index (χ3n) is 4.60. The van der Waals surface area contributed by atoms with Crippen molar-refractivity contribution in [2.24, 2.45) is 0 Å². The number of anilines is 1. The van der Waals surface area contributed by atoms with E-state index < -0.39 is 0 Å². The maximum absolute atomic E-state index is 13.1. The molecule has 4 nitrogen and oxygen atoms in total. The second-order valence-electron chi connectivity index (χ2n) is 6.84. The van der Waals surface area contributed by atoms with Crippen molar-refractivity contribution in [3.05, 3.63) is 118 Å². The molecule has 1 aromatic heterocycles. The highest BCUT2D eigenvalue weighted by Crippen LogP contribution is 2.21. The molecule has 1 amide bonds. The van der Waals surface area contributed by atoms with E-state index in [4.69, 9.17) is 0 Å². The molecule has 0 saturated heterocycles. The van der Waals surface area contributed by atoms with Crippen LogP contribution in [0.2, 0.25) is 0 Å². The van der Waals surface area contributed by atoms with Crippen LogP contribution >= 0.6 is 15.9 Å². The highest BCUT2D eigenvalue weighted by Gasteiger charge is 2.12. The van der Waals surface area contributed by atoms with Gasteiger partial charge in [0.25, 0.3) is 5.91 Å². The zero-order chi connectivity index (χ0) is 20.8. The van der Waals surface area contributed by atoms with E-state index in [2.05, 4.69) is 26.3 Å². The van der Waals surface area contributed by atoms with Gasteiger partial charge < -0.3 is 5.32 Å². The van der Waals surface area contributed by atoms with Crippen LogP contribution in [-0.4, -0.2) is 15.7 Å². The Labute approximate surface area is 184 Å². The summed E-state index contributed by atoms with van der Waals surface area (Å²) in [7, 11) is 0. The van der Waals surface area contributed by atoms with Gasteiger partial charge >= 0.3 is 0 Å². The molecule has 4 rings (SSSR count). The predicted octanol–water partition coefficient (Wildman–Crippen LogP) is 5.87. The van der Waals surface area contributed by atoms with Gasteiger partial charge in [-0.15, -0.1) is 0 Å². The van der Waals surface area contributed by atoms with Crippen LogP contribution in [0.15, 0.2) is 102 Å². The maximum Gasteiger partial charge on any atom is 0.256 e. The van der Waals surface area contributed by atoms with Crippen LogP contribution in [0.1, 0.15) is 16.7 Å². The van der Waals surface area contributed by atoms with E-state index in [1.165, 1.54) is 0 Å². The lowest BCUT2D eigenvalue weighted by molar-refractivity contribution is -0.111. The molecule has 0 aliphatic heterocycles. The Morgan fingerprint density at radius 3 is 2.23 bits per heavy atom. The molecule has 0 saturated carbocycles. The summed E-state index contributed by atoms with van der Waals surface area (Å²) in [6.45, 7) is 0.670. The first-order valence-corrected chi connectivity index (χ1v) is 10.4. The zero-order valence-electron chi connectivity index (χ0n) is 16.2. The molecule has 0 fully saturated rings. The van der Waals surface area contributed by atoms with E-state index in [1.807, 2.05) is 102 Å². The van der Waals surface area contributed by atoms with Crippen LogP contribution in [0.25, 0.3) is 11.6 Å². The number of nitrogens with one attached hydrogen (secondary N) is 1. The molecule has 1 heterocycles. The molecule has 0 radical (unpaired) electrons. The Balaban J connectivity index is 1.53. The molecule has 1 N–H and O–H groups in total. The van der Waals surface area contributed by atoms with Gasteiger partial charge in [-0.2, -0.15) is 5.10 Å². The average molecular weight is 458 g/mol. The number of benzene rings is 3. The predicted molar refractivity (Wildman–Crippen MR) is 125 cm³/mol. The van der Waals surface area contributed by atoms with Crippen molar-refractivity contribution in [2.75, 3.05) is 5.32 Å². The molecule has 0 aliphatic carbocycles. The first kappa shape index (κ1) is 19.9. The monoisotopic (exact) mass is 457 g/mol. The molecule has 148 valence electrons. The number of hydrogen-bond acceptors (Lipinski definition) is 2. The second kappa shape index (κ2) is 9.37. The fraction of sp³-hybridized carbons (Fsp3) is 0.0400. The third-order valence-corrected chi connectivity index (χ3v) is 5.01. The first-order chi connectivity index (χ1) is 14.7. The normalized spacial score (nSPS) is 11.3. The minimum atomic E-state index is -0.145. The summed E-state index contributed by atoms with van der Waals surface area (Å²) in [4.78, 5) is 13.1. The van der Waals surface area contributed by atoms with E-state index in [9.17, 15) is 4.79 Å². The minimum absolute atomic E-state index is 0.145. The van der Waals surface area contributed by atoms with Gasteiger partial charge in [-0.25, -0.2) is 0 Å². The summed E-state index contributed by atoms with van der Waals surface area (Å²) >= 11 is 3.40. The van der Waals surface area contributed by atoms with Crippen LogP contribution in [0.4, 0.5) is 5.69 Å². The van der Waals surface area contributed by atoms with Crippen LogP contribution in [0.3, 0.4) is 0 Å². The van der Waals surface area contributed by atoms with Gasteiger partial charge in [-0.05, 0) is 50.8 Å². The number of amides is 1. The lowest BCUT2D eigenvalue weighted by Gasteiger charge is -2.11. The maximum atomic E-state index is 13.1. The molecular formula is C25H20BrN3O. The molecule has 0 aliphatic rings. The van der Waals surface area contributed by atoms with Crippen molar-refractivity contribution >= 4 is 39.2 Å². The summed E-state index contributed by atoms with van der Waals surface area (Å²) in [5.41, 5.74) is 4.33. The quantitative estimate of drug-likeness (QED) is 0.290.